The molecule has 1 rings (SSSR count). The van der Waals surface area contributed by atoms with Gasteiger partial charge in [-0.3, -0.25) is 4.79 Å². The number of hydrogen-bond acceptors (Lipinski definition) is 4. The lowest BCUT2D eigenvalue weighted by Crippen LogP contribution is -2.31. The number of thiocarbonyl (C=S) groups is 1. The maximum atomic E-state index is 13.3. The zero-order valence-corrected chi connectivity index (χ0v) is 11.9. The highest BCUT2D eigenvalue weighted by Gasteiger charge is 2.23. The first-order valence-electron chi connectivity index (χ1n) is 5.22. The number of benzene rings is 1. The van der Waals surface area contributed by atoms with Gasteiger partial charge in [0.25, 0.3) is 0 Å². The molecule has 0 radical (unpaired) electrons. The van der Waals surface area contributed by atoms with Gasteiger partial charge in [0.15, 0.2) is 9.84 Å². The zero-order chi connectivity index (χ0) is 14.8. The van der Waals surface area contributed by atoms with Crippen molar-refractivity contribution >= 4 is 38.6 Å². The van der Waals surface area contributed by atoms with Crippen LogP contribution in [0.4, 0.5) is 10.1 Å². The molecule has 0 aliphatic heterocycles. The molecule has 1 aromatic rings. The van der Waals surface area contributed by atoms with Gasteiger partial charge in [-0.1, -0.05) is 12.2 Å². The lowest BCUT2D eigenvalue weighted by molar-refractivity contribution is -0.115. The summed E-state index contributed by atoms with van der Waals surface area (Å²) in [4.78, 5) is 11.5. The normalized spacial score (nSPS) is 12.8. The summed E-state index contributed by atoms with van der Waals surface area (Å²) < 4.78 is 35.8. The molecule has 0 heterocycles. The van der Waals surface area contributed by atoms with Crippen LogP contribution in [0.25, 0.3) is 0 Å². The van der Waals surface area contributed by atoms with Crippen LogP contribution < -0.4 is 11.1 Å². The van der Waals surface area contributed by atoms with Crippen molar-refractivity contribution in [3.8, 4) is 0 Å². The predicted molar refractivity (Wildman–Crippen MR) is 75.2 cm³/mol. The molecular formula is C11H13FN2O3S2. The Bertz CT molecular complexity index is 629. The summed E-state index contributed by atoms with van der Waals surface area (Å²) in [5.74, 6) is -1.32. The van der Waals surface area contributed by atoms with Crippen LogP contribution in [0.1, 0.15) is 12.5 Å². The highest BCUT2D eigenvalue weighted by atomic mass is 32.2. The SMILES string of the molecule is CC(C(=O)Nc1ccc(F)c(C(N)=S)c1)S(C)(=O)=O. The molecule has 104 valence electrons. The third kappa shape index (κ3) is 3.97. The van der Waals surface area contributed by atoms with Crippen molar-refractivity contribution in [2.45, 2.75) is 12.2 Å². The molecule has 0 saturated heterocycles. The lowest BCUT2D eigenvalue weighted by Gasteiger charge is -2.11. The van der Waals surface area contributed by atoms with Gasteiger partial charge in [0.05, 0.1) is 0 Å². The van der Waals surface area contributed by atoms with Gasteiger partial charge in [-0.2, -0.15) is 0 Å². The fourth-order valence-corrected chi connectivity index (χ4v) is 1.83. The van der Waals surface area contributed by atoms with Crippen molar-refractivity contribution in [3.63, 3.8) is 0 Å². The molecule has 0 aromatic heterocycles. The minimum Gasteiger partial charge on any atom is -0.389 e. The van der Waals surface area contributed by atoms with Gasteiger partial charge in [-0.25, -0.2) is 12.8 Å². The quantitative estimate of drug-likeness (QED) is 0.804. The highest BCUT2D eigenvalue weighted by Crippen LogP contribution is 2.15. The van der Waals surface area contributed by atoms with Crippen LogP contribution in [0, 0.1) is 5.82 Å². The molecule has 3 N–H and O–H groups in total. The van der Waals surface area contributed by atoms with Crippen LogP contribution in [0.15, 0.2) is 18.2 Å². The monoisotopic (exact) mass is 304 g/mol. The van der Waals surface area contributed by atoms with E-state index in [4.69, 9.17) is 5.73 Å². The van der Waals surface area contributed by atoms with Gasteiger partial charge >= 0.3 is 0 Å². The van der Waals surface area contributed by atoms with E-state index >= 15 is 0 Å². The average molecular weight is 304 g/mol. The van der Waals surface area contributed by atoms with Gasteiger partial charge in [0, 0.05) is 17.5 Å². The van der Waals surface area contributed by atoms with Gasteiger partial charge in [-0.15, -0.1) is 0 Å². The van der Waals surface area contributed by atoms with Gasteiger partial charge in [-0.05, 0) is 25.1 Å². The maximum Gasteiger partial charge on any atom is 0.242 e. The number of nitrogens with one attached hydrogen (secondary N) is 1. The van der Waals surface area contributed by atoms with Crippen LogP contribution in [0.3, 0.4) is 0 Å². The Labute approximate surface area is 115 Å². The molecular weight excluding hydrogens is 291 g/mol. The minimum absolute atomic E-state index is 0.0141. The summed E-state index contributed by atoms with van der Waals surface area (Å²) >= 11 is 4.66. The lowest BCUT2D eigenvalue weighted by atomic mass is 10.2. The van der Waals surface area contributed by atoms with E-state index < -0.39 is 26.8 Å². The topological polar surface area (TPSA) is 89.3 Å². The molecule has 0 spiro atoms. The second-order valence-corrected chi connectivity index (χ2v) is 6.83. The number of anilines is 1. The van der Waals surface area contributed by atoms with Gasteiger partial charge < -0.3 is 11.1 Å². The summed E-state index contributed by atoms with van der Waals surface area (Å²) in [6.45, 7) is 1.27. The van der Waals surface area contributed by atoms with Crippen molar-refractivity contribution in [2.24, 2.45) is 5.73 Å². The fraction of sp³-hybridized carbons (Fsp3) is 0.273. The summed E-state index contributed by atoms with van der Waals surface area (Å²) in [6.07, 6.45) is 0.961. The van der Waals surface area contributed by atoms with E-state index in [-0.39, 0.29) is 16.2 Å². The second-order valence-electron chi connectivity index (χ2n) is 4.02. The number of halogens is 1. The van der Waals surface area contributed by atoms with Crippen LogP contribution in [-0.2, 0) is 14.6 Å². The molecule has 8 heteroatoms. The van der Waals surface area contributed by atoms with E-state index in [1.807, 2.05) is 0 Å². The van der Waals surface area contributed by atoms with E-state index in [2.05, 4.69) is 17.5 Å². The molecule has 1 amide bonds. The molecule has 0 bridgehead atoms. The summed E-state index contributed by atoms with van der Waals surface area (Å²) in [5, 5.41) is 1.17. The Hall–Kier alpha value is -1.54. The summed E-state index contributed by atoms with van der Waals surface area (Å²) in [5.41, 5.74) is 5.54. The molecule has 1 unspecified atom stereocenters. The Morgan fingerprint density at radius 2 is 2.05 bits per heavy atom. The summed E-state index contributed by atoms with van der Waals surface area (Å²) in [7, 11) is -3.49. The molecule has 0 aliphatic carbocycles. The molecule has 5 nitrogen and oxygen atoms in total. The first-order valence-corrected chi connectivity index (χ1v) is 7.58. The fourth-order valence-electron chi connectivity index (χ4n) is 1.23. The number of carbonyl (C=O) groups excluding carboxylic acids is 1. The van der Waals surface area contributed by atoms with Crippen LogP contribution in [0.2, 0.25) is 0 Å². The standard InChI is InChI=1S/C11H13FN2O3S2/c1-6(19(2,16)17)11(15)14-7-3-4-9(12)8(5-7)10(13)18/h3-6H,1-2H3,(H2,13,18)(H,14,15). The zero-order valence-electron chi connectivity index (χ0n) is 10.3. The number of amides is 1. The van der Waals surface area contributed by atoms with Crippen LogP contribution in [0.5, 0.6) is 0 Å². The van der Waals surface area contributed by atoms with E-state index in [1.54, 1.807) is 0 Å². The molecule has 0 saturated carbocycles. The number of nitrogens with two attached hydrogens (primary N) is 1. The van der Waals surface area contributed by atoms with Gasteiger partial charge in [0.2, 0.25) is 5.91 Å². The minimum atomic E-state index is -3.49. The van der Waals surface area contributed by atoms with Crippen LogP contribution >= 0.6 is 12.2 Å². The molecule has 0 fully saturated rings. The Kier molecular flexibility index (Phi) is 4.59. The number of hydrogen-bond donors (Lipinski definition) is 2. The summed E-state index contributed by atoms with van der Waals surface area (Å²) in [6, 6.07) is 3.64. The van der Waals surface area contributed by atoms with E-state index in [1.165, 1.54) is 19.1 Å². The molecule has 19 heavy (non-hydrogen) atoms. The number of carbonyl (C=O) groups is 1. The van der Waals surface area contributed by atoms with E-state index in [0.29, 0.717) is 0 Å². The molecule has 1 aromatic carbocycles. The number of sulfone groups is 1. The predicted octanol–water partition coefficient (Wildman–Crippen LogP) is 0.832. The largest absolute Gasteiger partial charge is 0.389 e. The van der Waals surface area contributed by atoms with Crippen LogP contribution in [-0.4, -0.2) is 30.8 Å². The van der Waals surface area contributed by atoms with E-state index in [0.717, 1.165) is 12.3 Å². The number of rotatable bonds is 4. The first-order chi connectivity index (χ1) is 8.62. The Balaban J connectivity index is 2.98. The molecule has 0 aliphatic rings. The Morgan fingerprint density at radius 1 is 1.47 bits per heavy atom. The maximum absolute atomic E-state index is 13.3. The smallest absolute Gasteiger partial charge is 0.242 e. The van der Waals surface area contributed by atoms with Crippen molar-refractivity contribution in [2.75, 3.05) is 11.6 Å². The van der Waals surface area contributed by atoms with Gasteiger partial charge in [0.1, 0.15) is 16.1 Å². The molecule has 1 atom stereocenters. The third-order valence-corrected chi connectivity index (χ3v) is 4.23. The van der Waals surface area contributed by atoms with Crippen molar-refractivity contribution in [3.05, 3.63) is 29.6 Å². The van der Waals surface area contributed by atoms with Crippen molar-refractivity contribution in [1.29, 1.82) is 0 Å². The Morgan fingerprint density at radius 3 is 2.53 bits per heavy atom. The highest BCUT2D eigenvalue weighted by molar-refractivity contribution is 7.92. The van der Waals surface area contributed by atoms with Crippen molar-refractivity contribution in [1.82, 2.24) is 0 Å². The van der Waals surface area contributed by atoms with Crippen molar-refractivity contribution < 1.29 is 17.6 Å². The average Bonchev–Trinajstić information content (AvgIpc) is 2.29. The third-order valence-electron chi connectivity index (χ3n) is 2.51. The second kappa shape index (κ2) is 5.62. The van der Waals surface area contributed by atoms with E-state index in [9.17, 15) is 17.6 Å². The first kappa shape index (κ1) is 15.5.